The summed E-state index contributed by atoms with van der Waals surface area (Å²) in [6.45, 7) is 5.73. The summed E-state index contributed by atoms with van der Waals surface area (Å²) in [5.41, 5.74) is 8.23. The van der Waals surface area contributed by atoms with Crippen LogP contribution in [0.2, 0.25) is 0 Å². The minimum atomic E-state index is -0.869. The third kappa shape index (κ3) is 4.21. The standard InChI is InChI=1S/C17H26N2O3/c1-17(2,3)15(18)14(20)10-22-16(21)19-13-8-11-6-4-5-7-12(11)9-13/h4-7,13-15,20H,8-10,18H2,1-3H3,(H,19,21)/t14-,15?/m0/s1. The topological polar surface area (TPSA) is 84.6 Å². The quantitative estimate of drug-likeness (QED) is 0.789. The Balaban J connectivity index is 1.76. The van der Waals surface area contributed by atoms with Gasteiger partial charge >= 0.3 is 6.09 Å². The van der Waals surface area contributed by atoms with E-state index < -0.39 is 18.2 Å². The lowest BCUT2D eigenvalue weighted by Gasteiger charge is -2.30. The van der Waals surface area contributed by atoms with Crippen LogP contribution < -0.4 is 11.1 Å². The van der Waals surface area contributed by atoms with Crippen LogP contribution in [0, 0.1) is 5.41 Å². The highest BCUT2D eigenvalue weighted by molar-refractivity contribution is 5.68. The van der Waals surface area contributed by atoms with E-state index in [2.05, 4.69) is 17.4 Å². The van der Waals surface area contributed by atoms with Gasteiger partial charge in [-0.3, -0.25) is 0 Å². The van der Waals surface area contributed by atoms with Gasteiger partial charge in [-0.15, -0.1) is 0 Å². The molecule has 1 aromatic carbocycles. The molecule has 1 unspecified atom stereocenters. The molecule has 22 heavy (non-hydrogen) atoms. The van der Waals surface area contributed by atoms with Gasteiger partial charge in [0.15, 0.2) is 0 Å². The summed E-state index contributed by atoms with van der Waals surface area (Å²) in [4.78, 5) is 11.8. The maximum absolute atomic E-state index is 11.8. The highest BCUT2D eigenvalue weighted by Gasteiger charge is 2.29. The van der Waals surface area contributed by atoms with Crippen molar-refractivity contribution in [1.29, 1.82) is 0 Å². The van der Waals surface area contributed by atoms with Crippen LogP contribution in [0.1, 0.15) is 31.9 Å². The van der Waals surface area contributed by atoms with Gasteiger partial charge in [-0.1, -0.05) is 45.0 Å². The van der Waals surface area contributed by atoms with Gasteiger partial charge in [0.2, 0.25) is 0 Å². The summed E-state index contributed by atoms with van der Waals surface area (Å²) in [5, 5.41) is 12.8. The molecule has 2 rings (SSSR count). The molecule has 0 aliphatic heterocycles. The zero-order valence-corrected chi connectivity index (χ0v) is 13.5. The molecule has 2 atom stereocenters. The zero-order chi connectivity index (χ0) is 16.3. The first-order chi connectivity index (χ1) is 10.3. The second kappa shape index (κ2) is 6.67. The normalized spacial score (nSPS) is 17.7. The third-order valence-corrected chi connectivity index (χ3v) is 4.17. The maximum Gasteiger partial charge on any atom is 0.407 e. The number of fused-ring (bicyclic) bond motifs is 1. The van der Waals surface area contributed by atoms with Crippen molar-refractivity contribution >= 4 is 6.09 Å². The van der Waals surface area contributed by atoms with Crippen molar-refractivity contribution in [3.05, 3.63) is 35.4 Å². The monoisotopic (exact) mass is 306 g/mol. The Labute approximate surface area is 131 Å². The molecule has 0 spiro atoms. The molecule has 0 radical (unpaired) electrons. The Hall–Kier alpha value is -1.59. The lowest BCUT2D eigenvalue weighted by Crippen LogP contribution is -2.48. The summed E-state index contributed by atoms with van der Waals surface area (Å²) in [6, 6.07) is 7.77. The van der Waals surface area contributed by atoms with Crippen LogP contribution in [0.5, 0.6) is 0 Å². The molecule has 0 fully saturated rings. The van der Waals surface area contributed by atoms with Crippen LogP contribution in [-0.4, -0.2) is 36.0 Å². The van der Waals surface area contributed by atoms with Gasteiger partial charge in [0.25, 0.3) is 0 Å². The number of ether oxygens (including phenoxy) is 1. The van der Waals surface area contributed by atoms with Gasteiger partial charge in [0.1, 0.15) is 12.7 Å². The number of amides is 1. The number of hydrogen-bond acceptors (Lipinski definition) is 4. The van der Waals surface area contributed by atoms with Crippen molar-refractivity contribution in [3.8, 4) is 0 Å². The average Bonchev–Trinajstić information content (AvgIpc) is 2.84. The Morgan fingerprint density at radius 3 is 2.41 bits per heavy atom. The largest absolute Gasteiger partial charge is 0.447 e. The van der Waals surface area contributed by atoms with Gasteiger partial charge in [-0.25, -0.2) is 4.79 Å². The summed E-state index contributed by atoms with van der Waals surface area (Å²) in [6.07, 6.45) is 0.259. The van der Waals surface area contributed by atoms with Gasteiger partial charge < -0.3 is 20.9 Å². The van der Waals surface area contributed by atoms with Crippen molar-refractivity contribution in [1.82, 2.24) is 5.32 Å². The smallest absolute Gasteiger partial charge is 0.407 e. The zero-order valence-electron chi connectivity index (χ0n) is 13.5. The molecule has 0 bridgehead atoms. The third-order valence-electron chi connectivity index (χ3n) is 4.17. The van der Waals surface area contributed by atoms with E-state index in [1.807, 2.05) is 32.9 Å². The first kappa shape index (κ1) is 16.8. The SMILES string of the molecule is CC(C)(C)C(N)[C@@H](O)COC(=O)NC1Cc2ccccc2C1. The predicted molar refractivity (Wildman–Crippen MR) is 85.6 cm³/mol. The second-order valence-corrected chi connectivity index (χ2v) is 7.08. The van der Waals surface area contributed by atoms with E-state index in [0.717, 1.165) is 12.8 Å². The Kier molecular flexibility index (Phi) is 5.08. The number of hydrogen-bond donors (Lipinski definition) is 3. The van der Waals surface area contributed by atoms with Crippen LogP contribution in [-0.2, 0) is 17.6 Å². The molecule has 0 saturated heterocycles. The van der Waals surface area contributed by atoms with E-state index in [4.69, 9.17) is 10.5 Å². The Morgan fingerprint density at radius 1 is 1.36 bits per heavy atom. The van der Waals surface area contributed by atoms with Gasteiger partial charge in [-0.2, -0.15) is 0 Å². The Bertz CT molecular complexity index is 500. The van der Waals surface area contributed by atoms with Crippen LogP contribution in [0.3, 0.4) is 0 Å². The fourth-order valence-electron chi connectivity index (χ4n) is 2.71. The molecule has 1 aromatic rings. The summed E-state index contributed by atoms with van der Waals surface area (Å²) in [5.74, 6) is 0. The summed E-state index contributed by atoms with van der Waals surface area (Å²) in [7, 11) is 0. The number of aliphatic hydroxyl groups excluding tert-OH is 1. The van der Waals surface area contributed by atoms with Crippen LogP contribution in [0.25, 0.3) is 0 Å². The molecular formula is C17H26N2O3. The van der Waals surface area contributed by atoms with E-state index in [1.165, 1.54) is 11.1 Å². The van der Waals surface area contributed by atoms with Crippen LogP contribution in [0.4, 0.5) is 4.79 Å². The average molecular weight is 306 g/mol. The first-order valence-electron chi connectivity index (χ1n) is 7.71. The molecule has 4 N–H and O–H groups in total. The fourth-order valence-corrected chi connectivity index (χ4v) is 2.71. The maximum atomic E-state index is 11.8. The minimum absolute atomic E-state index is 0.0540. The molecule has 0 aromatic heterocycles. The molecule has 1 amide bonds. The van der Waals surface area contributed by atoms with Crippen LogP contribution >= 0.6 is 0 Å². The number of carbonyl (C=O) groups excluding carboxylic acids is 1. The molecule has 5 heteroatoms. The molecule has 1 aliphatic rings. The van der Waals surface area contributed by atoms with E-state index in [-0.39, 0.29) is 18.1 Å². The lowest BCUT2D eigenvalue weighted by atomic mass is 9.84. The summed E-state index contributed by atoms with van der Waals surface area (Å²) < 4.78 is 5.10. The van der Waals surface area contributed by atoms with E-state index in [9.17, 15) is 9.90 Å². The molecule has 5 nitrogen and oxygen atoms in total. The van der Waals surface area contributed by atoms with E-state index in [1.54, 1.807) is 0 Å². The van der Waals surface area contributed by atoms with Crippen molar-refractivity contribution < 1.29 is 14.6 Å². The number of nitrogens with two attached hydrogens (primary N) is 1. The Morgan fingerprint density at radius 2 is 1.91 bits per heavy atom. The van der Waals surface area contributed by atoms with Crippen molar-refractivity contribution in [3.63, 3.8) is 0 Å². The lowest BCUT2D eigenvalue weighted by molar-refractivity contribution is 0.0274. The van der Waals surface area contributed by atoms with Crippen molar-refractivity contribution in [2.24, 2.45) is 11.1 Å². The second-order valence-electron chi connectivity index (χ2n) is 7.08. The van der Waals surface area contributed by atoms with Crippen molar-refractivity contribution in [2.75, 3.05) is 6.61 Å². The number of alkyl carbamates (subject to hydrolysis) is 1. The molecule has 1 aliphatic carbocycles. The van der Waals surface area contributed by atoms with Gasteiger partial charge in [-0.05, 0) is 29.4 Å². The number of aliphatic hydroxyl groups is 1. The number of carbonyl (C=O) groups is 1. The molecule has 0 heterocycles. The highest BCUT2D eigenvalue weighted by Crippen LogP contribution is 2.22. The van der Waals surface area contributed by atoms with Crippen molar-refractivity contribution in [2.45, 2.75) is 51.8 Å². The number of rotatable bonds is 4. The molecule has 122 valence electrons. The van der Waals surface area contributed by atoms with Gasteiger partial charge in [0, 0.05) is 12.1 Å². The fraction of sp³-hybridized carbons (Fsp3) is 0.588. The number of benzene rings is 1. The molecular weight excluding hydrogens is 280 g/mol. The first-order valence-corrected chi connectivity index (χ1v) is 7.71. The van der Waals surface area contributed by atoms with E-state index >= 15 is 0 Å². The predicted octanol–water partition coefficient (Wildman–Crippen LogP) is 1.61. The van der Waals surface area contributed by atoms with Gasteiger partial charge in [0.05, 0.1) is 0 Å². The highest BCUT2D eigenvalue weighted by atomic mass is 16.6. The summed E-state index contributed by atoms with van der Waals surface area (Å²) >= 11 is 0. The van der Waals surface area contributed by atoms with E-state index in [0.29, 0.717) is 0 Å². The minimum Gasteiger partial charge on any atom is -0.447 e. The van der Waals surface area contributed by atoms with Crippen LogP contribution in [0.15, 0.2) is 24.3 Å². The number of nitrogens with one attached hydrogen (secondary N) is 1. The molecule has 0 saturated carbocycles.